The van der Waals surface area contributed by atoms with Gasteiger partial charge in [0.1, 0.15) is 10.7 Å². The molecule has 2 rings (SSSR count). The van der Waals surface area contributed by atoms with Gasteiger partial charge >= 0.3 is 0 Å². The highest BCUT2D eigenvalue weighted by atomic mass is 32.1. The maximum absolute atomic E-state index is 13.1. The van der Waals surface area contributed by atoms with Gasteiger partial charge in [-0.2, -0.15) is 0 Å². The molecule has 0 radical (unpaired) electrons. The van der Waals surface area contributed by atoms with E-state index >= 15 is 0 Å². The summed E-state index contributed by atoms with van der Waals surface area (Å²) >= 11 is 1.21. The molecule has 0 aliphatic heterocycles. The Morgan fingerprint density at radius 3 is 2.79 bits per heavy atom. The van der Waals surface area contributed by atoms with E-state index in [1.54, 1.807) is 5.38 Å². The van der Waals surface area contributed by atoms with Gasteiger partial charge in [0, 0.05) is 6.42 Å². The third-order valence-corrected chi connectivity index (χ3v) is 3.95. The fraction of sp³-hybridized carbons (Fsp3) is 0.545. The highest BCUT2D eigenvalue weighted by molar-refractivity contribution is 7.12. The number of Topliss-reactive ketones (excluding diaryl/α,β-unsaturated/α-hetero) is 1. The Kier molecular flexibility index (Phi) is 2.43. The minimum Gasteiger partial charge on any atom is -0.293 e. The first-order valence-corrected chi connectivity index (χ1v) is 5.75. The summed E-state index contributed by atoms with van der Waals surface area (Å²) in [6.07, 6.45) is 3.92. The van der Waals surface area contributed by atoms with E-state index < -0.39 is 0 Å². The summed E-state index contributed by atoms with van der Waals surface area (Å²) in [5.41, 5.74) is 0.146. The lowest BCUT2D eigenvalue weighted by Crippen LogP contribution is -2.28. The van der Waals surface area contributed by atoms with Gasteiger partial charge in [-0.05, 0) is 29.7 Å². The van der Waals surface area contributed by atoms with Crippen molar-refractivity contribution < 1.29 is 9.18 Å². The van der Waals surface area contributed by atoms with Crippen molar-refractivity contribution in [1.82, 2.24) is 0 Å². The average molecular weight is 212 g/mol. The average Bonchev–Trinajstić information content (AvgIpc) is 2.48. The summed E-state index contributed by atoms with van der Waals surface area (Å²) in [5.74, 6) is -0.386. The van der Waals surface area contributed by atoms with Crippen molar-refractivity contribution in [3.8, 4) is 0 Å². The van der Waals surface area contributed by atoms with Gasteiger partial charge in [0.05, 0.1) is 0 Å². The minimum atomic E-state index is -0.358. The number of hydrogen-bond donors (Lipinski definition) is 0. The minimum absolute atomic E-state index is 0.0281. The maximum Gasteiger partial charge on any atom is 0.176 e. The van der Waals surface area contributed by atoms with E-state index in [-0.39, 0.29) is 17.0 Å². The molecule has 1 aliphatic rings. The first kappa shape index (κ1) is 9.84. The van der Waals surface area contributed by atoms with Crippen LogP contribution in [-0.4, -0.2) is 5.78 Å². The standard InChI is InChI=1S/C11H13FOS/c1-11(4-2-5-11)7-9(13)10-8(12)3-6-14-10/h3,6H,2,4-5,7H2,1H3. The van der Waals surface area contributed by atoms with Crippen LogP contribution < -0.4 is 0 Å². The zero-order chi connectivity index (χ0) is 10.2. The normalized spacial score (nSPS) is 19.0. The molecule has 1 heterocycles. The number of halogens is 1. The summed E-state index contributed by atoms with van der Waals surface area (Å²) in [6, 6.07) is 1.36. The summed E-state index contributed by atoms with van der Waals surface area (Å²) in [5, 5.41) is 1.63. The maximum atomic E-state index is 13.1. The summed E-state index contributed by atoms with van der Waals surface area (Å²) in [6.45, 7) is 2.11. The monoisotopic (exact) mass is 212 g/mol. The van der Waals surface area contributed by atoms with Gasteiger partial charge in [0.2, 0.25) is 0 Å². The molecular weight excluding hydrogens is 199 g/mol. The molecule has 1 saturated carbocycles. The van der Waals surface area contributed by atoms with E-state index in [9.17, 15) is 9.18 Å². The Balaban J connectivity index is 2.06. The molecule has 76 valence electrons. The number of hydrogen-bond acceptors (Lipinski definition) is 2. The highest BCUT2D eigenvalue weighted by Gasteiger charge is 2.34. The third kappa shape index (κ3) is 1.73. The Labute approximate surface area is 86.9 Å². The van der Waals surface area contributed by atoms with Gasteiger partial charge in [-0.15, -0.1) is 11.3 Å². The van der Waals surface area contributed by atoms with Crippen LogP contribution in [0, 0.1) is 11.2 Å². The van der Waals surface area contributed by atoms with Gasteiger partial charge in [0.15, 0.2) is 5.78 Å². The molecule has 1 aromatic rings. The molecule has 0 amide bonds. The van der Waals surface area contributed by atoms with Gasteiger partial charge in [0.25, 0.3) is 0 Å². The van der Waals surface area contributed by atoms with Crippen LogP contribution in [0.25, 0.3) is 0 Å². The van der Waals surface area contributed by atoms with Crippen molar-refractivity contribution in [3.05, 3.63) is 22.1 Å². The van der Waals surface area contributed by atoms with E-state index in [0.29, 0.717) is 11.3 Å². The van der Waals surface area contributed by atoms with Crippen LogP contribution in [0.5, 0.6) is 0 Å². The molecule has 0 saturated heterocycles. The zero-order valence-electron chi connectivity index (χ0n) is 8.18. The van der Waals surface area contributed by atoms with Gasteiger partial charge in [-0.1, -0.05) is 13.3 Å². The van der Waals surface area contributed by atoms with Crippen molar-refractivity contribution in [3.63, 3.8) is 0 Å². The molecule has 1 fully saturated rings. The lowest BCUT2D eigenvalue weighted by Gasteiger charge is -2.37. The van der Waals surface area contributed by atoms with E-state index in [2.05, 4.69) is 6.92 Å². The molecule has 0 unspecified atom stereocenters. The van der Waals surface area contributed by atoms with Crippen molar-refractivity contribution in [2.75, 3.05) is 0 Å². The van der Waals surface area contributed by atoms with E-state index in [0.717, 1.165) is 12.8 Å². The Bertz CT molecular complexity index is 352. The quantitative estimate of drug-likeness (QED) is 0.699. The fourth-order valence-corrected chi connectivity index (χ4v) is 2.63. The van der Waals surface area contributed by atoms with Crippen molar-refractivity contribution in [2.45, 2.75) is 32.6 Å². The van der Waals surface area contributed by atoms with E-state index in [1.807, 2.05) is 0 Å². The molecule has 0 spiro atoms. The van der Waals surface area contributed by atoms with Crippen LogP contribution in [-0.2, 0) is 0 Å². The first-order chi connectivity index (χ1) is 6.61. The van der Waals surface area contributed by atoms with Crippen molar-refractivity contribution >= 4 is 17.1 Å². The number of carbonyl (C=O) groups excluding carboxylic acids is 1. The number of thiophene rings is 1. The topological polar surface area (TPSA) is 17.1 Å². The van der Waals surface area contributed by atoms with Crippen molar-refractivity contribution in [2.24, 2.45) is 5.41 Å². The molecule has 1 aromatic heterocycles. The Morgan fingerprint density at radius 2 is 2.36 bits per heavy atom. The largest absolute Gasteiger partial charge is 0.293 e. The molecular formula is C11H13FOS. The summed E-state index contributed by atoms with van der Waals surface area (Å²) < 4.78 is 13.1. The lowest BCUT2D eigenvalue weighted by atomic mass is 9.67. The summed E-state index contributed by atoms with van der Waals surface area (Å²) in [7, 11) is 0. The van der Waals surface area contributed by atoms with Crippen LogP contribution in [0.3, 0.4) is 0 Å². The fourth-order valence-electron chi connectivity index (χ4n) is 1.92. The van der Waals surface area contributed by atoms with E-state index in [4.69, 9.17) is 0 Å². The van der Waals surface area contributed by atoms with E-state index in [1.165, 1.54) is 23.8 Å². The number of carbonyl (C=O) groups is 1. The predicted molar refractivity (Wildman–Crippen MR) is 55.2 cm³/mol. The first-order valence-electron chi connectivity index (χ1n) is 4.87. The zero-order valence-corrected chi connectivity index (χ0v) is 8.99. The smallest absolute Gasteiger partial charge is 0.176 e. The molecule has 14 heavy (non-hydrogen) atoms. The van der Waals surface area contributed by atoms with Crippen LogP contribution in [0.2, 0.25) is 0 Å². The van der Waals surface area contributed by atoms with Crippen molar-refractivity contribution in [1.29, 1.82) is 0 Å². The molecule has 3 heteroatoms. The molecule has 0 aromatic carbocycles. The highest BCUT2D eigenvalue weighted by Crippen LogP contribution is 2.44. The van der Waals surface area contributed by atoms with Gasteiger partial charge < -0.3 is 0 Å². The summed E-state index contributed by atoms with van der Waals surface area (Å²) in [4.78, 5) is 12.0. The van der Waals surface area contributed by atoms with Gasteiger partial charge in [-0.25, -0.2) is 4.39 Å². The molecule has 1 nitrogen and oxygen atoms in total. The van der Waals surface area contributed by atoms with Crippen LogP contribution >= 0.6 is 11.3 Å². The van der Waals surface area contributed by atoms with Crippen LogP contribution in [0.4, 0.5) is 4.39 Å². The second kappa shape index (κ2) is 3.46. The molecule has 0 atom stereocenters. The van der Waals surface area contributed by atoms with Crippen LogP contribution in [0.15, 0.2) is 11.4 Å². The Morgan fingerprint density at radius 1 is 1.64 bits per heavy atom. The lowest BCUT2D eigenvalue weighted by molar-refractivity contribution is 0.0817. The predicted octanol–water partition coefficient (Wildman–Crippen LogP) is 3.65. The molecule has 0 bridgehead atoms. The third-order valence-electron chi connectivity index (χ3n) is 3.02. The van der Waals surface area contributed by atoms with Gasteiger partial charge in [-0.3, -0.25) is 4.79 Å². The molecule has 0 N–H and O–H groups in total. The number of ketones is 1. The molecule has 1 aliphatic carbocycles. The SMILES string of the molecule is CC1(CC(=O)c2sccc2F)CCC1. The second-order valence-corrected chi connectivity index (χ2v) is 5.28. The Hall–Kier alpha value is -0.700. The number of rotatable bonds is 3. The second-order valence-electron chi connectivity index (χ2n) is 4.36. The van der Waals surface area contributed by atoms with Crippen LogP contribution in [0.1, 0.15) is 42.3 Å².